The van der Waals surface area contributed by atoms with Crippen LogP contribution in [0.3, 0.4) is 0 Å². The Balaban J connectivity index is 0.863. The number of Topliss-reactive ketones (excluding diaryl/α,β-unsaturated/α-hetero) is 1. The highest BCUT2D eigenvalue weighted by molar-refractivity contribution is 6.39. The maximum absolute atomic E-state index is 13.8. The van der Waals surface area contributed by atoms with Crippen molar-refractivity contribution in [1.29, 1.82) is 0 Å². The molecule has 2 aromatic heterocycles. The van der Waals surface area contributed by atoms with Crippen LogP contribution in [-0.4, -0.2) is 90.6 Å². The quantitative estimate of drug-likeness (QED) is 0.152. The van der Waals surface area contributed by atoms with Gasteiger partial charge in [-0.1, -0.05) is 53.5 Å². The van der Waals surface area contributed by atoms with Crippen molar-refractivity contribution in [2.45, 2.75) is 89.8 Å². The Morgan fingerprint density at radius 2 is 1.52 bits per heavy atom. The molecular formula is C44H51Cl2N7O5. The third-order valence-electron chi connectivity index (χ3n) is 14.1. The number of ether oxygens (including phenoxy) is 1. The summed E-state index contributed by atoms with van der Waals surface area (Å²) in [6, 6.07) is 11.5. The first-order valence-electron chi connectivity index (χ1n) is 20.7. The standard InChI is InChI=1S/C44H51Cl2N7O5/c1-50-35-10-19-53(28-11-21-58-22-12-28)25-33(35)47-39(50)36(54)23-27-5-3-6-29(37(27)45)30-7-4-8-31(38(30)46)49-41(55)40-48-32-24-52(18-9-34(32)51(40)2)20-17-43-13-15-44(26-43,16-14-43)42(56)57/h3-8,28H,9-26H2,1-2H3,(H,49,55)(H,56,57). The first-order valence-corrected chi connectivity index (χ1v) is 21.5. The van der Waals surface area contributed by atoms with Gasteiger partial charge in [0, 0.05) is 101 Å². The van der Waals surface area contributed by atoms with Crippen LogP contribution in [-0.2, 0) is 56.0 Å². The fourth-order valence-electron chi connectivity index (χ4n) is 10.7. The van der Waals surface area contributed by atoms with Crippen molar-refractivity contribution in [2.24, 2.45) is 24.9 Å². The van der Waals surface area contributed by atoms with Gasteiger partial charge in [0.25, 0.3) is 5.91 Å². The average Bonchev–Trinajstić information content (AvgIpc) is 3.99. The van der Waals surface area contributed by atoms with Crippen LogP contribution in [0.4, 0.5) is 5.69 Å². The summed E-state index contributed by atoms with van der Waals surface area (Å²) < 4.78 is 9.40. The number of ketones is 1. The Bertz CT molecular complexity index is 2290. The van der Waals surface area contributed by atoms with Crippen molar-refractivity contribution in [3.8, 4) is 11.1 Å². The molecule has 4 aromatic rings. The van der Waals surface area contributed by atoms with E-state index < -0.39 is 11.4 Å². The summed E-state index contributed by atoms with van der Waals surface area (Å²) in [5.41, 5.74) is 6.07. The Morgan fingerprint density at radius 3 is 2.24 bits per heavy atom. The van der Waals surface area contributed by atoms with Crippen LogP contribution < -0.4 is 5.32 Å². The van der Waals surface area contributed by atoms with Gasteiger partial charge in [-0.15, -0.1) is 0 Å². The lowest BCUT2D eigenvalue weighted by Crippen LogP contribution is -2.42. The third-order valence-corrected chi connectivity index (χ3v) is 15.0. The zero-order chi connectivity index (χ0) is 40.3. The number of nitrogens with zero attached hydrogens (tertiary/aromatic N) is 6. The van der Waals surface area contributed by atoms with Crippen molar-refractivity contribution < 1.29 is 24.2 Å². The maximum atomic E-state index is 13.8. The molecule has 2 bridgehead atoms. The molecule has 2 aromatic carbocycles. The molecule has 14 heteroatoms. The summed E-state index contributed by atoms with van der Waals surface area (Å²) in [6.07, 6.45) is 9.15. The molecule has 0 spiro atoms. The van der Waals surface area contributed by atoms with Crippen molar-refractivity contribution in [3.05, 3.63) is 86.4 Å². The van der Waals surface area contributed by atoms with Gasteiger partial charge in [-0.3, -0.25) is 24.2 Å². The Kier molecular flexibility index (Phi) is 10.5. The van der Waals surface area contributed by atoms with E-state index in [9.17, 15) is 19.5 Å². The molecule has 5 aliphatic rings. The zero-order valence-corrected chi connectivity index (χ0v) is 34.8. The van der Waals surface area contributed by atoms with Gasteiger partial charge in [0.2, 0.25) is 5.78 Å². The SMILES string of the molecule is Cn1c(C(=O)Cc2cccc(-c3cccc(NC(=O)c4nc5c(n4C)CCN(CCC46CCC(C(=O)O)(CC4)C6)C5)c3Cl)c2Cl)nc2c1CCN(C1CCOCC1)C2. The number of imidazole rings is 2. The molecular weight excluding hydrogens is 777 g/mol. The summed E-state index contributed by atoms with van der Waals surface area (Å²) in [5.74, 6) is -0.327. The Labute approximate surface area is 348 Å². The minimum absolute atomic E-state index is 0.0850. The van der Waals surface area contributed by atoms with E-state index in [1.54, 1.807) is 6.07 Å². The molecule has 0 unspecified atom stereocenters. The number of aromatic nitrogens is 4. The van der Waals surface area contributed by atoms with E-state index in [-0.39, 0.29) is 23.5 Å². The van der Waals surface area contributed by atoms with Crippen molar-refractivity contribution >= 4 is 46.5 Å². The van der Waals surface area contributed by atoms with Crippen molar-refractivity contribution in [2.75, 3.05) is 38.2 Å². The second-order valence-corrected chi connectivity index (χ2v) is 18.1. The number of hydrogen-bond donors (Lipinski definition) is 2. The van der Waals surface area contributed by atoms with E-state index in [1.807, 2.05) is 53.6 Å². The highest BCUT2D eigenvalue weighted by Gasteiger charge is 2.57. The van der Waals surface area contributed by atoms with Gasteiger partial charge in [-0.05, 0) is 75.0 Å². The number of rotatable bonds is 11. The van der Waals surface area contributed by atoms with Gasteiger partial charge in [-0.25, -0.2) is 9.97 Å². The van der Waals surface area contributed by atoms with Gasteiger partial charge in [0.1, 0.15) is 0 Å². The Morgan fingerprint density at radius 1 is 0.862 bits per heavy atom. The van der Waals surface area contributed by atoms with Gasteiger partial charge < -0.3 is 24.3 Å². The molecule has 9 rings (SSSR count). The highest BCUT2D eigenvalue weighted by Crippen LogP contribution is 2.63. The lowest BCUT2D eigenvalue weighted by molar-refractivity contribution is -0.148. The molecule has 1 saturated heterocycles. The van der Waals surface area contributed by atoms with Gasteiger partial charge in [0.05, 0.1) is 32.5 Å². The molecule has 3 fully saturated rings. The van der Waals surface area contributed by atoms with E-state index in [4.69, 9.17) is 37.9 Å². The largest absolute Gasteiger partial charge is 0.481 e. The lowest BCUT2D eigenvalue weighted by Gasteiger charge is -2.36. The second-order valence-electron chi connectivity index (χ2n) is 17.4. The topological polar surface area (TPSA) is 135 Å². The number of halogens is 2. The van der Waals surface area contributed by atoms with Gasteiger partial charge in [0.15, 0.2) is 11.6 Å². The summed E-state index contributed by atoms with van der Waals surface area (Å²) in [5, 5.41) is 13.6. The molecule has 0 atom stereocenters. The number of aliphatic carboxylic acids is 1. The van der Waals surface area contributed by atoms with Gasteiger partial charge >= 0.3 is 5.97 Å². The van der Waals surface area contributed by atoms with Crippen LogP contribution >= 0.6 is 23.2 Å². The summed E-state index contributed by atoms with van der Waals surface area (Å²) in [6.45, 7) is 5.69. The normalized spacial score (nSPS) is 23.5. The summed E-state index contributed by atoms with van der Waals surface area (Å²) >= 11 is 14.1. The summed E-state index contributed by atoms with van der Waals surface area (Å²) in [4.78, 5) is 54.1. The lowest BCUT2D eigenvalue weighted by atomic mass is 9.80. The van der Waals surface area contributed by atoms with E-state index in [2.05, 4.69) is 15.1 Å². The van der Waals surface area contributed by atoms with Crippen LogP contribution in [0.5, 0.6) is 0 Å². The molecule has 2 N–H and O–H groups in total. The first kappa shape index (κ1) is 39.4. The molecule has 3 aliphatic heterocycles. The van der Waals surface area contributed by atoms with Crippen molar-refractivity contribution in [1.82, 2.24) is 28.9 Å². The number of fused-ring (bicyclic) bond motifs is 4. The van der Waals surface area contributed by atoms with Crippen LogP contribution in [0.2, 0.25) is 10.0 Å². The van der Waals surface area contributed by atoms with Gasteiger partial charge in [-0.2, -0.15) is 0 Å². The molecule has 5 heterocycles. The highest BCUT2D eigenvalue weighted by atomic mass is 35.5. The predicted molar refractivity (Wildman–Crippen MR) is 221 cm³/mol. The van der Waals surface area contributed by atoms with E-state index >= 15 is 0 Å². The minimum Gasteiger partial charge on any atom is -0.481 e. The predicted octanol–water partition coefficient (Wildman–Crippen LogP) is 7.13. The number of carbonyl (C=O) groups excluding carboxylic acids is 2. The number of benzene rings is 2. The molecule has 1 amide bonds. The van der Waals surface area contributed by atoms with E-state index in [0.29, 0.717) is 56.7 Å². The monoisotopic (exact) mass is 827 g/mol. The second kappa shape index (κ2) is 15.5. The number of anilines is 1. The third kappa shape index (κ3) is 7.08. The smallest absolute Gasteiger partial charge is 0.309 e. The summed E-state index contributed by atoms with van der Waals surface area (Å²) in [7, 11) is 3.81. The molecule has 2 saturated carbocycles. The first-order chi connectivity index (χ1) is 27.9. The van der Waals surface area contributed by atoms with E-state index in [1.165, 1.54) is 0 Å². The number of amides is 1. The number of hydrogen-bond acceptors (Lipinski definition) is 8. The average molecular weight is 829 g/mol. The van der Waals surface area contributed by atoms with Crippen LogP contribution in [0.1, 0.15) is 101 Å². The van der Waals surface area contributed by atoms with Crippen LogP contribution in [0.15, 0.2) is 36.4 Å². The van der Waals surface area contributed by atoms with Crippen LogP contribution in [0, 0.1) is 10.8 Å². The number of carboxylic acid groups (broad SMARTS) is 1. The zero-order valence-electron chi connectivity index (χ0n) is 33.3. The van der Waals surface area contributed by atoms with Crippen LogP contribution in [0.25, 0.3) is 11.1 Å². The van der Waals surface area contributed by atoms with Crippen molar-refractivity contribution in [3.63, 3.8) is 0 Å². The molecule has 2 aliphatic carbocycles. The maximum Gasteiger partial charge on any atom is 0.309 e. The molecule has 0 radical (unpaired) electrons. The Hall–Kier alpha value is -4.07. The number of carbonyl (C=O) groups is 3. The molecule has 12 nitrogen and oxygen atoms in total. The molecule has 306 valence electrons. The number of nitrogens with one attached hydrogen (secondary N) is 1. The fourth-order valence-corrected chi connectivity index (χ4v) is 11.3. The van der Waals surface area contributed by atoms with E-state index in [0.717, 1.165) is 126 Å². The fraction of sp³-hybridized carbons (Fsp3) is 0.523. The molecule has 58 heavy (non-hydrogen) atoms. The number of carboxylic acids is 1. The minimum atomic E-state index is -0.624.